The molecular formula is C36H33BrCl2N2O9S. The zero-order valence-electron chi connectivity index (χ0n) is 28.2. The third-order valence-corrected chi connectivity index (χ3v) is 9.64. The molecule has 268 valence electrons. The van der Waals surface area contributed by atoms with E-state index in [0.717, 1.165) is 11.3 Å². The van der Waals surface area contributed by atoms with Crippen LogP contribution in [-0.4, -0.2) is 50.5 Å². The van der Waals surface area contributed by atoms with Gasteiger partial charge in [-0.2, -0.15) is 0 Å². The summed E-state index contributed by atoms with van der Waals surface area (Å²) < 4.78 is 36.0. The van der Waals surface area contributed by atoms with E-state index in [1.807, 2.05) is 0 Å². The predicted molar refractivity (Wildman–Crippen MR) is 197 cm³/mol. The van der Waals surface area contributed by atoms with Gasteiger partial charge in [-0.15, -0.1) is 0 Å². The lowest BCUT2D eigenvalue weighted by molar-refractivity contribution is -0.143. The van der Waals surface area contributed by atoms with Gasteiger partial charge in [-0.1, -0.05) is 62.6 Å². The third kappa shape index (κ3) is 8.44. The summed E-state index contributed by atoms with van der Waals surface area (Å²) in [5, 5.41) is 0.939. The maximum absolute atomic E-state index is 14.4. The molecule has 2 heterocycles. The number of benzene rings is 3. The van der Waals surface area contributed by atoms with Gasteiger partial charge in [0.25, 0.3) is 5.56 Å². The molecular weight excluding hydrogens is 787 g/mol. The molecule has 1 aromatic heterocycles. The van der Waals surface area contributed by atoms with E-state index >= 15 is 0 Å². The second-order valence-corrected chi connectivity index (χ2v) is 13.6. The Morgan fingerprint density at radius 1 is 0.980 bits per heavy atom. The summed E-state index contributed by atoms with van der Waals surface area (Å²) in [4.78, 5) is 44.7. The van der Waals surface area contributed by atoms with Crippen molar-refractivity contribution in [3.8, 4) is 23.0 Å². The van der Waals surface area contributed by atoms with E-state index in [9.17, 15) is 14.4 Å². The van der Waals surface area contributed by atoms with Gasteiger partial charge in [-0.05, 0) is 68.8 Å². The lowest BCUT2D eigenvalue weighted by atomic mass is 9.95. The number of rotatable bonds is 13. The first-order chi connectivity index (χ1) is 24.5. The van der Waals surface area contributed by atoms with Crippen molar-refractivity contribution in [1.82, 2.24) is 4.57 Å². The second-order valence-electron chi connectivity index (χ2n) is 10.9. The average molecular weight is 821 g/mol. The molecule has 3 aromatic carbocycles. The minimum absolute atomic E-state index is 0.0969. The Morgan fingerprint density at radius 3 is 2.45 bits per heavy atom. The van der Waals surface area contributed by atoms with Crippen LogP contribution in [0, 0.1) is 0 Å². The molecule has 0 aliphatic carbocycles. The molecule has 11 nitrogen and oxygen atoms in total. The summed E-state index contributed by atoms with van der Waals surface area (Å²) in [6, 6.07) is 12.7. The average Bonchev–Trinajstić information content (AvgIpc) is 3.40. The largest absolute Gasteiger partial charge is 0.493 e. The molecule has 0 saturated carbocycles. The highest BCUT2D eigenvalue weighted by atomic mass is 79.9. The first-order valence-electron chi connectivity index (χ1n) is 15.6. The van der Waals surface area contributed by atoms with Crippen LogP contribution in [0.4, 0.5) is 0 Å². The number of aromatic nitrogens is 1. The van der Waals surface area contributed by atoms with E-state index in [2.05, 4.69) is 20.9 Å². The van der Waals surface area contributed by atoms with Crippen LogP contribution in [0.3, 0.4) is 0 Å². The van der Waals surface area contributed by atoms with Gasteiger partial charge >= 0.3 is 11.9 Å². The molecule has 1 aliphatic heterocycles. The van der Waals surface area contributed by atoms with Crippen molar-refractivity contribution in [3.63, 3.8) is 0 Å². The fraction of sp³-hybridized carbons (Fsp3) is 0.278. The van der Waals surface area contributed by atoms with E-state index in [1.54, 1.807) is 75.4 Å². The number of hydrogen-bond acceptors (Lipinski definition) is 11. The Morgan fingerprint density at radius 2 is 1.76 bits per heavy atom. The molecule has 0 fully saturated rings. The summed E-state index contributed by atoms with van der Waals surface area (Å²) in [5.74, 6) is 0.208. The van der Waals surface area contributed by atoms with E-state index in [4.69, 9.17) is 51.6 Å². The Kier molecular flexibility index (Phi) is 12.5. The molecule has 0 bridgehead atoms. The molecule has 4 aromatic rings. The highest BCUT2D eigenvalue weighted by Gasteiger charge is 2.34. The molecule has 15 heteroatoms. The van der Waals surface area contributed by atoms with Crippen molar-refractivity contribution in [3.05, 3.63) is 111 Å². The number of nitrogens with zero attached hydrogens (tertiary/aromatic N) is 2. The van der Waals surface area contributed by atoms with Gasteiger partial charge in [0.15, 0.2) is 34.4 Å². The number of thiazole rings is 1. The van der Waals surface area contributed by atoms with Crippen LogP contribution in [0.2, 0.25) is 10.0 Å². The van der Waals surface area contributed by atoms with Crippen LogP contribution in [0.25, 0.3) is 6.08 Å². The number of halogens is 3. The quantitative estimate of drug-likeness (QED) is 0.141. The number of carbonyl (C=O) groups excluding carboxylic acids is 2. The molecule has 1 aliphatic rings. The van der Waals surface area contributed by atoms with Crippen LogP contribution < -0.4 is 33.8 Å². The third-order valence-electron chi connectivity index (χ3n) is 7.62. The van der Waals surface area contributed by atoms with Gasteiger partial charge in [0.1, 0.15) is 6.61 Å². The topological polar surface area (TPSA) is 124 Å². The minimum Gasteiger partial charge on any atom is -0.493 e. The van der Waals surface area contributed by atoms with Gasteiger partial charge in [0.2, 0.25) is 0 Å². The normalized spacial score (nSPS) is 14.0. The molecule has 0 spiro atoms. The minimum atomic E-state index is -0.934. The Hall–Kier alpha value is -4.30. The molecule has 0 radical (unpaired) electrons. The van der Waals surface area contributed by atoms with Crippen LogP contribution in [-0.2, 0) is 25.7 Å². The molecule has 51 heavy (non-hydrogen) atoms. The van der Waals surface area contributed by atoms with Gasteiger partial charge in [-0.3, -0.25) is 9.36 Å². The Balaban J connectivity index is 1.66. The summed E-state index contributed by atoms with van der Waals surface area (Å²) in [6.45, 7) is 5.35. The van der Waals surface area contributed by atoms with Crippen molar-refractivity contribution in [2.24, 2.45) is 4.99 Å². The molecule has 0 unspecified atom stereocenters. The predicted octanol–water partition coefficient (Wildman–Crippen LogP) is 6.41. The number of ether oxygens (including phenoxy) is 6. The monoisotopic (exact) mass is 818 g/mol. The van der Waals surface area contributed by atoms with Crippen molar-refractivity contribution < 1.29 is 38.0 Å². The highest BCUT2D eigenvalue weighted by molar-refractivity contribution is 9.10. The first-order valence-corrected chi connectivity index (χ1v) is 18.0. The second kappa shape index (κ2) is 16.8. The molecule has 0 amide bonds. The first kappa shape index (κ1) is 37.9. The maximum Gasteiger partial charge on any atom is 0.343 e. The number of fused-ring (bicyclic) bond motifs is 1. The van der Waals surface area contributed by atoms with E-state index in [0.29, 0.717) is 63.5 Å². The van der Waals surface area contributed by atoms with Gasteiger partial charge in [0, 0.05) is 25.6 Å². The van der Waals surface area contributed by atoms with Gasteiger partial charge < -0.3 is 28.4 Å². The van der Waals surface area contributed by atoms with E-state index in [-0.39, 0.29) is 37.8 Å². The highest BCUT2D eigenvalue weighted by Crippen LogP contribution is 2.38. The summed E-state index contributed by atoms with van der Waals surface area (Å²) in [7, 11) is 2.78. The van der Waals surface area contributed by atoms with Gasteiger partial charge in [0.05, 0.1) is 49.3 Å². The van der Waals surface area contributed by atoms with Crippen LogP contribution >= 0.6 is 50.5 Å². The number of esters is 2. The summed E-state index contributed by atoms with van der Waals surface area (Å²) >= 11 is 17.2. The van der Waals surface area contributed by atoms with Crippen molar-refractivity contribution >= 4 is 68.5 Å². The number of methoxy groups -OCH3 is 2. The zero-order chi connectivity index (χ0) is 36.8. The van der Waals surface area contributed by atoms with Crippen molar-refractivity contribution in [2.75, 3.05) is 34.0 Å². The zero-order valence-corrected chi connectivity index (χ0v) is 32.1. The standard InChI is InChI=1S/C36H33BrCl2N2O9S/c1-6-47-27-13-20(9-11-26(27)49-18-30(42)46-5)32-31(35(44)48-7-2)19(3)40-36-41(32)34(43)29(51-36)14-22-12-23(37)15-28(45-4)33(22)50-17-21-8-10-24(38)16-25(21)39/h8-16,32H,6-7,17-18H2,1-5H3/b29-14+/t32-/m0/s1. The van der Waals surface area contributed by atoms with E-state index in [1.165, 1.54) is 18.8 Å². The molecule has 0 saturated heterocycles. The molecule has 0 N–H and O–H groups in total. The van der Waals surface area contributed by atoms with Crippen LogP contribution in [0.1, 0.15) is 43.5 Å². The molecule has 5 rings (SSSR count). The number of hydrogen-bond donors (Lipinski definition) is 0. The smallest absolute Gasteiger partial charge is 0.343 e. The van der Waals surface area contributed by atoms with Crippen molar-refractivity contribution in [1.29, 1.82) is 0 Å². The Labute approximate surface area is 315 Å². The van der Waals surface area contributed by atoms with Crippen LogP contribution in [0.5, 0.6) is 23.0 Å². The summed E-state index contributed by atoms with van der Waals surface area (Å²) in [5.41, 5.74) is 1.94. The van der Waals surface area contributed by atoms with E-state index < -0.39 is 23.5 Å². The lowest BCUT2D eigenvalue weighted by Gasteiger charge is -2.25. The maximum atomic E-state index is 14.4. The number of allylic oxidation sites excluding steroid dienone is 1. The fourth-order valence-electron chi connectivity index (χ4n) is 5.32. The summed E-state index contributed by atoms with van der Waals surface area (Å²) in [6.07, 6.45) is 1.69. The lowest BCUT2D eigenvalue weighted by Crippen LogP contribution is -2.40. The number of carbonyl (C=O) groups is 2. The van der Waals surface area contributed by atoms with Crippen LogP contribution in [0.15, 0.2) is 74.1 Å². The Bertz CT molecular complexity index is 2200. The molecule has 1 atom stereocenters. The van der Waals surface area contributed by atoms with Gasteiger partial charge in [-0.25, -0.2) is 14.6 Å². The SMILES string of the molecule is CCOC(=O)C1=C(C)N=c2s/c(=C/c3cc(Br)cc(OC)c3OCc3ccc(Cl)cc3Cl)c(=O)n2[C@H]1c1ccc(OCC(=O)OC)c(OCC)c1. The fourth-order valence-corrected chi connectivity index (χ4v) is 7.27. The van der Waals surface area contributed by atoms with Crippen molar-refractivity contribution in [2.45, 2.75) is 33.4 Å².